The number of carbonyl (C=O) groups is 1. The first kappa shape index (κ1) is 13.1. The number of rotatable bonds is 3. The van der Waals surface area contributed by atoms with Gasteiger partial charge in [0.15, 0.2) is 0 Å². The van der Waals surface area contributed by atoms with Gasteiger partial charge in [-0.15, -0.1) is 0 Å². The van der Waals surface area contributed by atoms with Crippen molar-refractivity contribution in [1.82, 2.24) is 0 Å². The van der Waals surface area contributed by atoms with Gasteiger partial charge >= 0.3 is 5.97 Å². The molecule has 0 fully saturated rings. The van der Waals surface area contributed by atoms with Crippen LogP contribution >= 0.6 is 0 Å². The molecule has 0 aliphatic rings. The molecule has 0 unspecified atom stereocenters. The van der Waals surface area contributed by atoms with Crippen LogP contribution in [0, 0.1) is 19.7 Å². The van der Waals surface area contributed by atoms with Crippen molar-refractivity contribution in [3.8, 4) is 0 Å². The number of carboxylic acids is 1. The van der Waals surface area contributed by atoms with E-state index >= 15 is 0 Å². The SMILES string of the molecule is Cc1cc(C(=O)O)ccc1Nc1cccc(F)c1C. The minimum absolute atomic E-state index is 0.235. The van der Waals surface area contributed by atoms with E-state index in [1.54, 1.807) is 31.2 Å². The van der Waals surface area contributed by atoms with Gasteiger partial charge < -0.3 is 10.4 Å². The highest BCUT2D eigenvalue weighted by atomic mass is 19.1. The number of aryl methyl sites for hydroxylation is 1. The van der Waals surface area contributed by atoms with Crippen LogP contribution in [0.1, 0.15) is 21.5 Å². The van der Waals surface area contributed by atoms with Gasteiger partial charge in [0.05, 0.1) is 5.56 Å². The van der Waals surface area contributed by atoms with E-state index in [2.05, 4.69) is 5.32 Å². The fraction of sp³-hybridized carbons (Fsp3) is 0.133. The van der Waals surface area contributed by atoms with Gasteiger partial charge in [0.2, 0.25) is 0 Å². The van der Waals surface area contributed by atoms with Crippen molar-refractivity contribution >= 4 is 17.3 Å². The molecule has 0 bridgehead atoms. The quantitative estimate of drug-likeness (QED) is 0.879. The molecular formula is C15H14FNO2. The second-order valence-electron chi connectivity index (χ2n) is 4.37. The molecule has 0 saturated heterocycles. The Bertz CT molecular complexity index is 638. The zero-order chi connectivity index (χ0) is 14.0. The van der Waals surface area contributed by atoms with Crippen molar-refractivity contribution in [2.45, 2.75) is 13.8 Å². The summed E-state index contributed by atoms with van der Waals surface area (Å²) in [5.74, 6) is -1.23. The van der Waals surface area contributed by atoms with E-state index in [9.17, 15) is 9.18 Å². The van der Waals surface area contributed by atoms with Gasteiger partial charge in [-0.2, -0.15) is 0 Å². The zero-order valence-corrected chi connectivity index (χ0v) is 10.7. The molecule has 0 radical (unpaired) electrons. The number of aromatic carboxylic acids is 1. The number of benzene rings is 2. The van der Waals surface area contributed by atoms with Gasteiger partial charge in [-0.25, -0.2) is 9.18 Å². The van der Waals surface area contributed by atoms with Crippen LogP contribution in [0.15, 0.2) is 36.4 Å². The van der Waals surface area contributed by atoms with Crippen molar-refractivity contribution in [1.29, 1.82) is 0 Å². The smallest absolute Gasteiger partial charge is 0.335 e. The molecule has 2 aromatic carbocycles. The standard InChI is InChI=1S/C15H14FNO2/c1-9-8-11(15(18)19)6-7-13(9)17-14-5-3-4-12(16)10(14)2/h3-8,17H,1-2H3,(H,18,19). The molecule has 0 amide bonds. The Hall–Kier alpha value is -2.36. The summed E-state index contributed by atoms with van der Waals surface area (Å²) < 4.78 is 13.4. The van der Waals surface area contributed by atoms with Gasteiger partial charge in [-0.1, -0.05) is 6.07 Å². The summed E-state index contributed by atoms with van der Waals surface area (Å²) in [6.45, 7) is 3.50. The lowest BCUT2D eigenvalue weighted by atomic mass is 10.1. The van der Waals surface area contributed by atoms with Crippen LogP contribution in [0.25, 0.3) is 0 Å². The largest absolute Gasteiger partial charge is 0.478 e. The lowest BCUT2D eigenvalue weighted by Gasteiger charge is -2.12. The Morgan fingerprint density at radius 1 is 1.16 bits per heavy atom. The van der Waals surface area contributed by atoms with Crippen molar-refractivity contribution in [2.24, 2.45) is 0 Å². The summed E-state index contributed by atoms with van der Waals surface area (Å²) in [5.41, 5.74) is 3.00. The summed E-state index contributed by atoms with van der Waals surface area (Å²) in [7, 11) is 0. The van der Waals surface area contributed by atoms with Gasteiger partial charge in [0.1, 0.15) is 5.82 Å². The summed E-state index contributed by atoms with van der Waals surface area (Å²) in [5, 5.41) is 12.0. The number of anilines is 2. The molecule has 0 aliphatic carbocycles. The zero-order valence-electron chi connectivity index (χ0n) is 10.7. The molecule has 3 nitrogen and oxygen atoms in total. The average Bonchev–Trinajstić information content (AvgIpc) is 2.37. The molecule has 0 heterocycles. The van der Waals surface area contributed by atoms with E-state index < -0.39 is 5.97 Å². The van der Waals surface area contributed by atoms with Gasteiger partial charge in [0, 0.05) is 16.9 Å². The maximum Gasteiger partial charge on any atom is 0.335 e. The molecule has 2 N–H and O–H groups in total. The van der Waals surface area contributed by atoms with Crippen molar-refractivity contribution < 1.29 is 14.3 Å². The normalized spacial score (nSPS) is 10.3. The Morgan fingerprint density at radius 3 is 2.53 bits per heavy atom. The molecule has 4 heteroatoms. The summed E-state index contributed by atoms with van der Waals surface area (Å²) in [4.78, 5) is 10.9. The third kappa shape index (κ3) is 2.73. The maximum absolute atomic E-state index is 13.4. The minimum atomic E-state index is -0.961. The Balaban J connectivity index is 2.34. The van der Waals surface area contributed by atoms with E-state index in [1.807, 2.05) is 6.92 Å². The molecule has 19 heavy (non-hydrogen) atoms. The summed E-state index contributed by atoms with van der Waals surface area (Å²) in [6.07, 6.45) is 0. The number of hydrogen-bond acceptors (Lipinski definition) is 2. The van der Waals surface area contributed by atoms with E-state index in [-0.39, 0.29) is 11.4 Å². The molecule has 0 aromatic heterocycles. The first-order chi connectivity index (χ1) is 8.99. The summed E-state index contributed by atoms with van der Waals surface area (Å²) >= 11 is 0. The second kappa shape index (κ2) is 5.10. The number of nitrogens with one attached hydrogen (secondary N) is 1. The third-order valence-corrected chi connectivity index (χ3v) is 3.01. The van der Waals surface area contributed by atoms with E-state index in [4.69, 9.17) is 5.11 Å². The first-order valence-electron chi connectivity index (χ1n) is 5.85. The fourth-order valence-corrected chi connectivity index (χ4v) is 1.82. The van der Waals surface area contributed by atoms with Crippen molar-refractivity contribution in [3.05, 3.63) is 58.9 Å². The number of halogens is 1. The van der Waals surface area contributed by atoms with Crippen molar-refractivity contribution in [2.75, 3.05) is 5.32 Å². The molecule has 0 aliphatic heterocycles. The van der Waals surface area contributed by atoms with Crippen LogP contribution in [-0.4, -0.2) is 11.1 Å². The monoisotopic (exact) mass is 259 g/mol. The maximum atomic E-state index is 13.4. The van der Waals surface area contributed by atoms with Crippen LogP contribution in [0.3, 0.4) is 0 Å². The lowest BCUT2D eigenvalue weighted by molar-refractivity contribution is 0.0697. The van der Waals surface area contributed by atoms with Crippen molar-refractivity contribution in [3.63, 3.8) is 0 Å². The molecular weight excluding hydrogens is 245 g/mol. The van der Waals surface area contributed by atoms with E-state index in [1.165, 1.54) is 12.1 Å². The third-order valence-electron chi connectivity index (χ3n) is 3.01. The van der Waals surface area contributed by atoms with E-state index in [0.717, 1.165) is 11.3 Å². The van der Waals surface area contributed by atoms with E-state index in [0.29, 0.717) is 11.3 Å². The Kier molecular flexibility index (Phi) is 3.51. The lowest BCUT2D eigenvalue weighted by Crippen LogP contribution is -2.00. The van der Waals surface area contributed by atoms with Gasteiger partial charge in [0.25, 0.3) is 0 Å². The molecule has 2 aromatic rings. The molecule has 98 valence electrons. The highest BCUT2D eigenvalue weighted by Gasteiger charge is 2.08. The number of hydrogen-bond donors (Lipinski definition) is 2. The van der Waals surface area contributed by atoms with Gasteiger partial charge in [-0.05, 0) is 49.7 Å². The average molecular weight is 259 g/mol. The van der Waals surface area contributed by atoms with Crippen LogP contribution < -0.4 is 5.32 Å². The second-order valence-corrected chi connectivity index (χ2v) is 4.37. The Labute approximate surface area is 110 Å². The highest BCUT2D eigenvalue weighted by molar-refractivity contribution is 5.88. The minimum Gasteiger partial charge on any atom is -0.478 e. The van der Waals surface area contributed by atoms with Crippen LogP contribution in [-0.2, 0) is 0 Å². The molecule has 0 atom stereocenters. The summed E-state index contributed by atoms with van der Waals surface area (Å²) in [6, 6.07) is 9.60. The van der Waals surface area contributed by atoms with Crippen LogP contribution in [0.5, 0.6) is 0 Å². The number of carboxylic acid groups (broad SMARTS) is 1. The van der Waals surface area contributed by atoms with Crippen LogP contribution in [0.2, 0.25) is 0 Å². The predicted octanol–water partition coefficient (Wildman–Crippen LogP) is 3.88. The topological polar surface area (TPSA) is 49.3 Å². The van der Waals surface area contributed by atoms with Crippen LogP contribution in [0.4, 0.5) is 15.8 Å². The highest BCUT2D eigenvalue weighted by Crippen LogP contribution is 2.25. The molecule has 2 rings (SSSR count). The molecule has 0 saturated carbocycles. The fourth-order valence-electron chi connectivity index (χ4n) is 1.82. The Morgan fingerprint density at radius 2 is 1.89 bits per heavy atom. The molecule has 0 spiro atoms. The first-order valence-corrected chi connectivity index (χ1v) is 5.85. The predicted molar refractivity (Wildman–Crippen MR) is 72.6 cm³/mol. The van der Waals surface area contributed by atoms with Gasteiger partial charge in [-0.3, -0.25) is 0 Å².